The summed E-state index contributed by atoms with van der Waals surface area (Å²) < 4.78 is 12.4. The Morgan fingerprint density at radius 1 is 1.29 bits per heavy atom. The van der Waals surface area contributed by atoms with Crippen LogP contribution in [0.3, 0.4) is 0 Å². The van der Waals surface area contributed by atoms with Gasteiger partial charge in [-0.15, -0.1) is 0 Å². The van der Waals surface area contributed by atoms with Gasteiger partial charge in [0.2, 0.25) is 0 Å². The Bertz CT molecular complexity index is 489. The molecule has 1 fully saturated rings. The average Bonchev–Trinajstić information content (AvgIpc) is 2.53. The Labute approximate surface area is 134 Å². The lowest BCUT2D eigenvalue weighted by Gasteiger charge is -2.34. The van der Waals surface area contributed by atoms with Crippen LogP contribution in [0.4, 0.5) is 0 Å². The molecule has 4 nitrogen and oxygen atoms in total. The smallest absolute Gasteiger partial charge is 0.162 e. The largest absolute Gasteiger partial charge is 0.486 e. The van der Waals surface area contributed by atoms with Crippen molar-refractivity contribution in [3.05, 3.63) is 22.2 Å². The van der Waals surface area contributed by atoms with Crippen LogP contribution in [0.1, 0.15) is 25.3 Å². The zero-order valence-corrected chi connectivity index (χ0v) is 14.1. The Morgan fingerprint density at radius 2 is 2.05 bits per heavy atom. The van der Waals surface area contributed by atoms with E-state index in [1.165, 1.54) is 18.4 Å². The second-order valence-corrected chi connectivity index (χ2v) is 6.50. The fraction of sp³-hybridized carbons (Fsp3) is 0.625. The summed E-state index contributed by atoms with van der Waals surface area (Å²) in [5, 5.41) is 3.50. The molecule has 0 aromatic heterocycles. The third kappa shape index (κ3) is 3.52. The molecule has 0 amide bonds. The van der Waals surface area contributed by atoms with E-state index < -0.39 is 0 Å². The fourth-order valence-electron chi connectivity index (χ4n) is 3.09. The molecule has 2 aliphatic rings. The molecular formula is C16H23BrN2O2. The van der Waals surface area contributed by atoms with Gasteiger partial charge in [-0.05, 0) is 43.6 Å². The molecule has 1 atom stereocenters. The molecule has 2 heterocycles. The molecule has 1 unspecified atom stereocenters. The van der Waals surface area contributed by atoms with E-state index in [1.54, 1.807) is 0 Å². The van der Waals surface area contributed by atoms with E-state index in [4.69, 9.17) is 9.47 Å². The summed E-state index contributed by atoms with van der Waals surface area (Å²) in [6.07, 6.45) is 2.55. The summed E-state index contributed by atoms with van der Waals surface area (Å²) in [6, 6.07) is 4.79. The quantitative estimate of drug-likeness (QED) is 0.901. The first-order valence-electron chi connectivity index (χ1n) is 7.80. The Balaban J connectivity index is 1.76. The van der Waals surface area contributed by atoms with Crippen LogP contribution in [0.25, 0.3) is 0 Å². The Kier molecular flexibility index (Phi) is 5.03. The number of ether oxygens (including phenoxy) is 2. The molecule has 21 heavy (non-hydrogen) atoms. The topological polar surface area (TPSA) is 33.7 Å². The van der Waals surface area contributed by atoms with Crippen molar-refractivity contribution in [2.75, 3.05) is 32.8 Å². The number of halogens is 1. The van der Waals surface area contributed by atoms with Crippen molar-refractivity contribution in [3.8, 4) is 11.5 Å². The predicted octanol–water partition coefficient (Wildman–Crippen LogP) is 2.79. The summed E-state index contributed by atoms with van der Waals surface area (Å²) in [7, 11) is 0. The van der Waals surface area contributed by atoms with Crippen LogP contribution in [-0.2, 0) is 6.54 Å². The Morgan fingerprint density at radius 3 is 2.71 bits per heavy atom. The summed E-state index contributed by atoms with van der Waals surface area (Å²) in [4.78, 5) is 2.54. The molecule has 1 N–H and O–H groups in total. The van der Waals surface area contributed by atoms with E-state index in [-0.39, 0.29) is 0 Å². The van der Waals surface area contributed by atoms with Gasteiger partial charge in [0.15, 0.2) is 11.5 Å². The van der Waals surface area contributed by atoms with Crippen LogP contribution in [-0.4, -0.2) is 43.8 Å². The molecule has 0 saturated carbocycles. The van der Waals surface area contributed by atoms with Gasteiger partial charge in [-0.25, -0.2) is 0 Å². The molecule has 3 rings (SSSR count). The molecular weight excluding hydrogens is 332 g/mol. The van der Waals surface area contributed by atoms with Gasteiger partial charge in [-0.3, -0.25) is 4.90 Å². The summed E-state index contributed by atoms with van der Waals surface area (Å²) in [5.74, 6) is 1.72. The first-order chi connectivity index (χ1) is 10.3. The highest BCUT2D eigenvalue weighted by Gasteiger charge is 2.22. The van der Waals surface area contributed by atoms with Crippen LogP contribution in [0.5, 0.6) is 11.5 Å². The summed E-state index contributed by atoms with van der Waals surface area (Å²) >= 11 is 3.68. The van der Waals surface area contributed by atoms with Gasteiger partial charge in [0.05, 0.1) is 0 Å². The first kappa shape index (κ1) is 15.1. The van der Waals surface area contributed by atoms with E-state index in [0.717, 1.165) is 42.2 Å². The number of benzene rings is 1. The van der Waals surface area contributed by atoms with Gasteiger partial charge >= 0.3 is 0 Å². The SMILES string of the molecule is CCN(Cc1cc2c(cc1Br)OCCO2)C1CCCNC1. The molecule has 0 aliphatic carbocycles. The van der Waals surface area contributed by atoms with Crippen LogP contribution >= 0.6 is 15.9 Å². The molecule has 1 aromatic carbocycles. The van der Waals surface area contributed by atoms with Gasteiger partial charge in [0.1, 0.15) is 13.2 Å². The maximum Gasteiger partial charge on any atom is 0.162 e. The standard InChI is InChI=1S/C16H23BrN2O2/c1-2-19(13-4-3-5-18-10-13)11-12-8-15-16(9-14(12)17)21-7-6-20-15/h8-9,13,18H,2-7,10-11H2,1H3. The molecule has 0 bridgehead atoms. The van der Waals surface area contributed by atoms with E-state index in [1.807, 2.05) is 6.07 Å². The minimum Gasteiger partial charge on any atom is -0.486 e. The van der Waals surface area contributed by atoms with Gasteiger partial charge in [-0.1, -0.05) is 22.9 Å². The second kappa shape index (κ2) is 6.99. The highest BCUT2D eigenvalue weighted by Crippen LogP contribution is 2.36. The van der Waals surface area contributed by atoms with Crippen molar-refractivity contribution in [2.24, 2.45) is 0 Å². The van der Waals surface area contributed by atoms with Crippen molar-refractivity contribution >= 4 is 15.9 Å². The number of hydrogen-bond acceptors (Lipinski definition) is 4. The van der Waals surface area contributed by atoms with Gasteiger partial charge in [0.25, 0.3) is 0 Å². The monoisotopic (exact) mass is 354 g/mol. The van der Waals surface area contributed by atoms with E-state index in [9.17, 15) is 0 Å². The first-order valence-corrected chi connectivity index (χ1v) is 8.60. The normalized spacial score (nSPS) is 21.6. The Hall–Kier alpha value is -0.780. The zero-order valence-electron chi connectivity index (χ0n) is 12.5. The molecule has 1 saturated heterocycles. The van der Waals surface area contributed by atoms with Crippen LogP contribution in [0, 0.1) is 0 Å². The molecule has 116 valence electrons. The highest BCUT2D eigenvalue weighted by atomic mass is 79.9. The lowest BCUT2D eigenvalue weighted by molar-refractivity contribution is 0.161. The second-order valence-electron chi connectivity index (χ2n) is 5.65. The third-order valence-electron chi connectivity index (χ3n) is 4.28. The molecule has 0 radical (unpaired) electrons. The van der Waals surface area contributed by atoms with Crippen molar-refractivity contribution < 1.29 is 9.47 Å². The number of likely N-dealkylation sites (N-methyl/N-ethyl adjacent to an activating group) is 1. The average molecular weight is 355 g/mol. The fourth-order valence-corrected chi connectivity index (χ4v) is 3.54. The van der Waals surface area contributed by atoms with Gasteiger partial charge in [-0.2, -0.15) is 0 Å². The van der Waals surface area contributed by atoms with Crippen LogP contribution in [0.2, 0.25) is 0 Å². The molecule has 2 aliphatic heterocycles. The number of hydrogen-bond donors (Lipinski definition) is 1. The van der Waals surface area contributed by atoms with E-state index in [2.05, 4.69) is 39.1 Å². The number of rotatable bonds is 4. The van der Waals surface area contributed by atoms with Gasteiger partial charge in [0, 0.05) is 23.6 Å². The maximum absolute atomic E-state index is 5.70. The van der Waals surface area contributed by atoms with E-state index >= 15 is 0 Å². The number of nitrogens with one attached hydrogen (secondary N) is 1. The van der Waals surface area contributed by atoms with Crippen molar-refractivity contribution in [1.29, 1.82) is 0 Å². The van der Waals surface area contributed by atoms with Crippen LogP contribution < -0.4 is 14.8 Å². The minimum atomic E-state index is 0.629. The zero-order chi connectivity index (χ0) is 14.7. The van der Waals surface area contributed by atoms with Crippen molar-refractivity contribution in [1.82, 2.24) is 10.2 Å². The lowest BCUT2D eigenvalue weighted by Crippen LogP contribution is -2.45. The summed E-state index contributed by atoms with van der Waals surface area (Å²) in [5.41, 5.74) is 1.27. The third-order valence-corrected chi connectivity index (χ3v) is 5.02. The van der Waals surface area contributed by atoms with Crippen LogP contribution in [0.15, 0.2) is 16.6 Å². The number of piperidine rings is 1. The minimum absolute atomic E-state index is 0.629. The summed E-state index contributed by atoms with van der Waals surface area (Å²) in [6.45, 7) is 7.76. The maximum atomic E-state index is 5.70. The van der Waals surface area contributed by atoms with Gasteiger partial charge < -0.3 is 14.8 Å². The number of nitrogens with zero attached hydrogens (tertiary/aromatic N) is 1. The molecule has 0 spiro atoms. The van der Waals surface area contributed by atoms with Crippen molar-refractivity contribution in [2.45, 2.75) is 32.4 Å². The van der Waals surface area contributed by atoms with Crippen molar-refractivity contribution in [3.63, 3.8) is 0 Å². The molecule has 1 aromatic rings. The highest BCUT2D eigenvalue weighted by molar-refractivity contribution is 9.10. The number of fused-ring (bicyclic) bond motifs is 1. The molecule has 5 heteroatoms. The van der Waals surface area contributed by atoms with E-state index in [0.29, 0.717) is 19.3 Å². The predicted molar refractivity (Wildman–Crippen MR) is 87.1 cm³/mol. The lowest BCUT2D eigenvalue weighted by atomic mass is 10.0.